The van der Waals surface area contributed by atoms with E-state index in [9.17, 15) is 18.0 Å². The van der Waals surface area contributed by atoms with Gasteiger partial charge in [-0.15, -0.1) is 0 Å². The van der Waals surface area contributed by atoms with E-state index >= 15 is 0 Å². The Bertz CT molecular complexity index is 1300. The van der Waals surface area contributed by atoms with Crippen LogP contribution in [0.5, 0.6) is 11.5 Å². The number of benzene rings is 2. The molecule has 0 N–H and O–H groups in total. The Kier molecular flexibility index (Phi) is 5.84. The van der Waals surface area contributed by atoms with Gasteiger partial charge in [0.2, 0.25) is 0 Å². The molecule has 0 amide bonds. The summed E-state index contributed by atoms with van der Waals surface area (Å²) in [6, 6.07) is 8.96. The molecule has 0 bridgehead atoms. The maximum atomic E-state index is 12.6. The predicted molar refractivity (Wildman–Crippen MR) is 116 cm³/mol. The first kappa shape index (κ1) is 22.4. The Balaban J connectivity index is 1.74. The quantitative estimate of drug-likeness (QED) is 0.366. The van der Waals surface area contributed by atoms with E-state index in [-0.39, 0.29) is 17.1 Å². The van der Waals surface area contributed by atoms with Gasteiger partial charge < -0.3 is 9.47 Å². The smallest absolute Gasteiger partial charge is 0.389 e. The van der Waals surface area contributed by atoms with Crippen molar-refractivity contribution in [2.24, 2.45) is 7.05 Å². The second-order valence-electron chi connectivity index (χ2n) is 7.48. The van der Waals surface area contributed by atoms with Gasteiger partial charge in [0.15, 0.2) is 5.78 Å². The van der Waals surface area contributed by atoms with Crippen LogP contribution < -0.4 is 9.47 Å². The summed E-state index contributed by atoms with van der Waals surface area (Å²) in [6.45, 7) is 0. The minimum atomic E-state index is -4.43. The molecule has 0 saturated carbocycles. The first-order valence-corrected chi connectivity index (χ1v) is 10.0. The van der Waals surface area contributed by atoms with Gasteiger partial charge in [-0.05, 0) is 17.7 Å². The fourth-order valence-corrected chi connectivity index (χ4v) is 3.66. The van der Waals surface area contributed by atoms with E-state index in [2.05, 4.69) is 10.1 Å². The summed E-state index contributed by atoms with van der Waals surface area (Å²) in [5.74, 6) is -0.445. The van der Waals surface area contributed by atoms with E-state index in [1.807, 2.05) is 31.4 Å². The molecule has 172 valence electrons. The Morgan fingerprint density at radius 3 is 2.33 bits per heavy atom. The Labute approximate surface area is 187 Å². The zero-order valence-corrected chi connectivity index (χ0v) is 18.2. The number of fused-ring (bicyclic) bond motifs is 1. The molecule has 0 radical (unpaired) electrons. The van der Waals surface area contributed by atoms with Crippen LogP contribution in [0.4, 0.5) is 13.2 Å². The van der Waals surface area contributed by atoms with Crippen LogP contribution in [0.15, 0.2) is 49.1 Å². The number of aromatic nitrogens is 4. The number of Topliss-reactive ketones (excluding diaryl/α,β-unsaturated/α-hetero) is 1. The summed E-state index contributed by atoms with van der Waals surface area (Å²) in [4.78, 5) is 17.0. The molecule has 0 spiro atoms. The van der Waals surface area contributed by atoms with Crippen LogP contribution in [0, 0.1) is 0 Å². The molecule has 2 aromatic carbocycles. The van der Waals surface area contributed by atoms with Gasteiger partial charge in [0, 0.05) is 37.4 Å². The molecule has 4 aromatic rings. The lowest BCUT2D eigenvalue weighted by Crippen LogP contribution is -2.13. The molecule has 0 fully saturated rings. The monoisotopic (exact) mass is 458 g/mol. The summed E-state index contributed by atoms with van der Waals surface area (Å²) in [5.41, 5.74) is 4.02. The van der Waals surface area contributed by atoms with Gasteiger partial charge in [-0.3, -0.25) is 14.0 Å². The Hall–Kier alpha value is -3.82. The molecule has 0 aliphatic heterocycles. The second kappa shape index (κ2) is 8.61. The van der Waals surface area contributed by atoms with Crippen molar-refractivity contribution in [3.8, 4) is 28.3 Å². The van der Waals surface area contributed by atoms with E-state index in [0.717, 1.165) is 22.2 Å². The van der Waals surface area contributed by atoms with E-state index in [0.29, 0.717) is 5.69 Å². The fourth-order valence-electron chi connectivity index (χ4n) is 3.66. The van der Waals surface area contributed by atoms with Gasteiger partial charge in [0.05, 0.1) is 43.6 Å². The standard InChI is InChI=1S/C23H21F3N4O3/c1-29-12-15(11-28-29)14-4-5-18-17(8-14)27-13-30(18)16-9-20(32-2)22(21(10-16)33-3)19(31)6-7-23(24,25)26/h4-5,8-13H,6-7H2,1-3H3. The highest BCUT2D eigenvalue weighted by Gasteiger charge is 2.30. The predicted octanol–water partition coefficient (Wildman–Crippen LogP) is 4.97. The molecule has 0 unspecified atom stereocenters. The molecule has 33 heavy (non-hydrogen) atoms. The summed E-state index contributed by atoms with van der Waals surface area (Å²) in [7, 11) is 4.55. The van der Waals surface area contributed by atoms with Crippen molar-refractivity contribution >= 4 is 16.8 Å². The molecule has 2 heterocycles. The van der Waals surface area contributed by atoms with Gasteiger partial charge in [-0.1, -0.05) is 6.07 Å². The number of halogens is 3. The maximum absolute atomic E-state index is 12.6. The Morgan fingerprint density at radius 1 is 1.06 bits per heavy atom. The lowest BCUT2D eigenvalue weighted by atomic mass is 10.0. The van der Waals surface area contributed by atoms with Crippen LogP contribution in [-0.4, -0.2) is 45.5 Å². The first-order valence-electron chi connectivity index (χ1n) is 10.0. The van der Waals surface area contributed by atoms with Crippen molar-refractivity contribution in [3.05, 3.63) is 54.6 Å². The molecule has 0 aliphatic carbocycles. The van der Waals surface area contributed by atoms with Crippen LogP contribution in [-0.2, 0) is 7.05 Å². The van der Waals surface area contributed by atoms with Crippen molar-refractivity contribution < 1.29 is 27.4 Å². The number of aryl methyl sites for hydroxylation is 1. The first-order chi connectivity index (χ1) is 15.7. The summed E-state index contributed by atoms with van der Waals surface area (Å²) in [5, 5.41) is 4.19. The van der Waals surface area contributed by atoms with Crippen molar-refractivity contribution in [3.63, 3.8) is 0 Å². The number of ketones is 1. The average molecular weight is 458 g/mol. The van der Waals surface area contributed by atoms with E-state index in [1.54, 1.807) is 33.9 Å². The van der Waals surface area contributed by atoms with Crippen LogP contribution in [0.1, 0.15) is 23.2 Å². The number of hydrogen-bond donors (Lipinski definition) is 0. The topological polar surface area (TPSA) is 71.2 Å². The number of methoxy groups -OCH3 is 2. The number of alkyl halides is 3. The molecular weight excluding hydrogens is 437 g/mol. The highest BCUT2D eigenvalue weighted by atomic mass is 19.4. The van der Waals surface area contributed by atoms with Gasteiger partial charge in [-0.2, -0.15) is 18.3 Å². The number of nitrogens with zero attached hydrogens (tertiary/aromatic N) is 4. The SMILES string of the molecule is COc1cc(-n2cnc3cc(-c4cnn(C)c4)ccc32)cc(OC)c1C(=O)CCC(F)(F)F. The third kappa shape index (κ3) is 4.55. The zero-order valence-electron chi connectivity index (χ0n) is 18.2. The zero-order chi connectivity index (χ0) is 23.8. The van der Waals surface area contributed by atoms with Gasteiger partial charge in [0.25, 0.3) is 0 Å². The van der Waals surface area contributed by atoms with Crippen LogP contribution >= 0.6 is 0 Å². The van der Waals surface area contributed by atoms with E-state index in [1.165, 1.54) is 14.2 Å². The average Bonchev–Trinajstić information content (AvgIpc) is 3.41. The van der Waals surface area contributed by atoms with Crippen molar-refractivity contribution in [1.82, 2.24) is 19.3 Å². The highest BCUT2D eigenvalue weighted by Crippen LogP contribution is 2.36. The number of imidazole rings is 1. The second-order valence-corrected chi connectivity index (χ2v) is 7.48. The molecule has 0 saturated heterocycles. The largest absolute Gasteiger partial charge is 0.496 e. The molecule has 10 heteroatoms. The number of ether oxygens (including phenoxy) is 2. The van der Waals surface area contributed by atoms with Crippen molar-refractivity contribution in [2.45, 2.75) is 19.0 Å². The fraction of sp³-hybridized carbons (Fsp3) is 0.261. The lowest BCUT2D eigenvalue weighted by molar-refractivity contribution is -0.133. The molecule has 0 atom stereocenters. The third-order valence-corrected chi connectivity index (χ3v) is 5.27. The summed E-state index contributed by atoms with van der Waals surface area (Å²) >= 11 is 0. The number of rotatable bonds is 7. The van der Waals surface area contributed by atoms with Gasteiger partial charge in [0.1, 0.15) is 23.4 Å². The minimum absolute atomic E-state index is 0.0173. The Morgan fingerprint density at radius 2 is 1.76 bits per heavy atom. The third-order valence-electron chi connectivity index (χ3n) is 5.27. The summed E-state index contributed by atoms with van der Waals surface area (Å²) in [6.07, 6.45) is -1.05. The lowest BCUT2D eigenvalue weighted by Gasteiger charge is -2.16. The summed E-state index contributed by atoms with van der Waals surface area (Å²) < 4.78 is 52.0. The maximum Gasteiger partial charge on any atom is 0.389 e. The highest BCUT2D eigenvalue weighted by molar-refractivity contribution is 6.02. The normalized spacial score (nSPS) is 11.7. The molecule has 7 nitrogen and oxygen atoms in total. The van der Waals surface area contributed by atoms with Crippen LogP contribution in [0.25, 0.3) is 27.8 Å². The van der Waals surface area contributed by atoms with Gasteiger partial charge >= 0.3 is 6.18 Å². The molecule has 2 aromatic heterocycles. The number of carbonyl (C=O) groups excluding carboxylic acids is 1. The molecule has 4 rings (SSSR count). The van der Waals surface area contributed by atoms with Gasteiger partial charge in [-0.25, -0.2) is 4.98 Å². The molecular formula is C23H21F3N4O3. The van der Waals surface area contributed by atoms with Crippen LogP contribution in [0.3, 0.4) is 0 Å². The number of hydrogen-bond acceptors (Lipinski definition) is 5. The molecule has 0 aliphatic rings. The van der Waals surface area contributed by atoms with E-state index in [4.69, 9.17) is 9.47 Å². The van der Waals surface area contributed by atoms with E-state index < -0.39 is 24.8 Å². The van der Waals surface area contributed by atoms with Crippen molar-refractivity contribution in [1.29, 1.82) is 0 Å². The minimum Gasteiger partial charge on any atom is -0.496 e. The van der Waals surface area contributed by atoms with Crippen LogP contribution in [0.2, 0.25) is 0 Å². The van der Waals surface area contributed by atoms with Crippen molar-refractivity contribution in [2.75, 3.05) is 14.2 Å². The number of carbonyl (C=O) groups is 1.